The van der Waals surface area contributed by atoms with Crippen LogP contribution < -0.4 is 0 Å². The van der Waals surface area contributed by atoms with Crippen molar-refractivity contribution in [1.29, 1.82) is 0 Å². The molecule has 0 bridgehead atoms. The number of aliphatic carboxylic acids is 1. The standard InChI is InChI=1S/C6H11F2NO2/c1-9(2)4-3-6(7,8)5(10)11/h3-4H2,1-2H3,(H,10,11). The number of halogens is 2. The Balaban J connectivity index is 3.83. The normalized spacial score (nSPS) is 12.1. The van der Waals surface area contributed by atoms with Gasteiger partial charge in [-0.2, -0.15) is 8.78 Å². The molecule has 0 atom stereocenters. The summed E-state index contributed by atoms with van der Waals surface area (Å²) in [6, 6.07) is 0. The van der Waals surface area contributed by atoms with E-state index in [-0.39, 0.29) is 6.54 Å². The lowest BCUT2D eigenvalue weighted by Crippen LogP contribution is -2.32. The van der Waals surface area contributed by atoms with Crippen LogP contribution >= 0.6 is 0 Å². The summed E-state index contributed by atoms with van der Waals surface area (Å²) in [6.45, 7) is 0.0688. The Morgan fingerprint density at radius 1 is 1.55 bits per heavy atom. The van der Waals surface area contributed by atoms with Gasteiger partial charge in [0.2, 0.25) is 0 Å². The molecule has 0 aromatic heterocycles. The Morgan fingerprint density at radius 3 is 2.27 bits per heavy atom. The number of hydrogen-bond donors (Lipinski definition) is 1. The van der Waals surface area contributed by atoms with Crippen LogP contribution in [-0.4, -0.2) is 42.5 Å². The molecule has 3 nitrogen and oxygen atoms in total. The van der Waals surface area contributed by atoms with E-state index in [1.165, 1.54) is 4.90 Å². The van der Waals surface area contributed by atoms with E-state index < -0.39 is 18.3 Å². The van der Waals surface area contributed by atoms with E-state index in [0.29, 0.717) is 0 Å². The third-order valence-electron chi connectivity index (χ3n) is 1.19. The van der Waals surface area contributed by atoms with Crippen LogP contribution in [0.1, 0.15) is 6.42 Å². The summed E-state index contributed by atoms with van der Waals surface area (Å²) < 4.78 is 24.6. The fourth-order valence-corrected chi connectivity index (χ4v) is 0.471. The number of hydrogen-bond acceptors (Lipinski definition) is 2. The van der Waals surface area contributed by atoms with Gasteiger partial charge in [0.1, 0.15) is 0 Å². The monoisotopic (exact) mass is 167 g/mol. The number of nitrogens with zero attached hydrogens (tertiary/aromatic N) is 1. The fraction of sp³-hybridized carbons (Fsp3) is 0.833. The molecule has 1 N–H and O–H groups in total. The summed E-state index contributed by atoms with van der Waals surface area (Å²) in [6.07, 6.45) is -0.644. The summed E-state index contributed by atoms with van der Waals surface area (Å²) >= 11 is 0. The Bertz CT molecular complexity index is 148. The van der Waals surface area contributed by atoms with Crippen LogP contribution in [0, 0.1) is 0 Å². The molecule has 0 aliphatic heterocycles. The maximum atomic E-state index is 12.3. The minimum absolute atomic E-state index is 0.0688. The predicted octanol–water partition coefficient (Wildman–Crippen LogP) is 0.658. The first kappa shape index (κ1) is 10.3. The molecular formula is C6H11F2NO2. The summed E-state index contributed by atoms with van der Waals surface area (Å²) in [5.74, 6) is -5.65. The van der Waals surface area contributed by atoms with E-state index in [1.807, 2.05) is 0 Å². The van der Waals surface area contributed by atoms with Crippen molar-refractivity contribution in [3.05, 3.63) is 0 Å². The molecule has 5 heteroatoms. The van der Waals surface area contributed by atoms with Crippen LogP contribution in [0.2, 0.25) is 0 Å². The van der Waals surface area contributed by atoms with Crippen molar-refractivity contribution in [3.8, 4) is 0 Å². The lowest BCUT2D eigenvalue weighted by Gasteiger charge is -2.14. The SMILES string of the molecule is CN(C)CCC(F)(F)C(=O)O. The molecule has 0 aliphatic rings. The van der Waals surface area contributed by atoms with Crippen molar-refractivity contribution in [1.82, 2.24) is 4.90 Å². The fourth-order valence-electron chi connectivity index (χ4n) is 0.471. The minimum atomic E-state index is -3.59. The zero-order valence-corrected chi connectivity index (χ0v) is 6.47. The van der Waals surface area contributed by atoms with Gasteiger partial charge in [0.25, 0.3) is 0 Å². The van der Waals surface area contributed by atoms with E-state index in [2.05, 4.69) is 0 Å². The van der Waals surface area contributed by atoms with E-state index in [1.54, 1.807) is 14.1 Å². The Morgan fingerprint density at radius 2 is 2.00 bits per heavy atom. The van der Waals surface area contributed by atoms with Crippen molar-refractivity contribution in [2.24, 2.45) is 0 Å². The summed E-state index contributed by atoms with van der Waals surface area (Å²) in [4.78, 5) is 11.4. The lowest BCUT2D eigenvalue weighted by molar-refractivity contribution is -0.165. The minimum Gasteiger partial charge on any atom is -0.477 e. The molecule has 0 saturated heterocycles. The second-order valence-electron chi connectivity index (χ2n) is 2.56. The number of carboxylic acids is 1. The first-order chi connectivity index (χ1) is 4.86. The highest BCUT2D eigenvalue weighted by atomic mass is 19.3. The smallest absolute Gasteiger partial charge is 0.374 e. The van der Waals surface area contributed by atoms with Crippen LogP contribution in [-0.2, 0) is 4.79 Å². The van der Waals surface area contributed by atoms with Crippen LogP contribution in [0.4, 0.5) is 8.78 Å². The van der Waals surface area contributed by atoms with Crippen LogP contribution in [0.5, 0.6) is 0 Å². The molecule has 0 unspecified atom stereocenters. The van der Waals surface area contributed by atoms with Gasteiger partial charge in [-0.15, -0.1) is 0 Å². The molecule has 66 valence electrons. The van der Waals surface area contributed by atoms with Crippen molar-refractivity contribution < 1.29 is 18.7 Å². The zero-order valence-electron chi connectivity index (χ0n) is 6.47. The van der Waals surface area contributed by atoms with Gasteiger partial charge in [-0.1, -0.05) is 0 Å². The van der Waals surface area contributed by atoms with Crippen LogP contribution in [0.15, 0.2) is 0 Å². The molecule has 0 amide bonds. The van der Waals surface area contributed by atoms with Gasteiger partial charge in [-0.05, 0) is 14.1 Å². The quantitative estimate of drug-likeness (QED) is 0.668. The Hall–Kier alpha value is -0.710. The van der Waals surface area contributed by atoms with E-state index in [9.17, 15) is 13.6 Å². The molecule has 0 radical (unpaired) electrons. The van der Waals surface area contributed by atoms with Crippen LogP contribution in [0.25, 0.3) is 0 Å². The highest BCUT2D eigenvalue weighted by Gasteiger charge is 2.37. The Labute approximate surface area is 63.6 Å². The zero-order chi connectivity index (χ0) is 9.07. The largest absolute Gasteiger partial charge is 0.477 e. The van der Waals surface area contributed by atoms with Gasteiger partial charge >= 0.3 is 11.9 Å². The molecule has 0 rings (SSSR count). The molecule has 0 spiro atoms. The van der Waals surface area contributed by atoms with Gasteiger partial charge < -0.3 is 10.0 Å². The third-order valence-corrected chi connectivity index (χ3v) is 1.19. The van der Waals surface area contributed by atoms with Gasteiger partial charge in [0.15, 0.2) is 0 Å². The van der Waals surface area contributed by atoms with Crippen molar-refractivity contribution >= 4 is 5.97 Å². The maximum absolute atomic E-state index is 12.3. The van der Waals surface area contributed by atoms with E-state index in [0.717, 1.165) is 0 Å². The third kappa shape index (κ3) is 3.87. The van der Waals surface area contributed by atoms with Gasteiger partial charge in [0.05, 0.1) is 0 Å². The molecule has 0 heterocycles. The molecule has 11 heavy (non-hydrogen) atoms. The average molecular weight is 167 g/mol. The molecule has 0 aliphatic carbocycles. The topological polar surface area (TPSA) is 40.5 Å². The lowest BCUT2D eigenvalue weighted by atomic mass is 10.2. The maximum Gasteiger partial charge on any atom is 0.374 e. The second-order valence-corrected chi connectivity index (χ2v) is 2.56. The molecular weight excluding hydrogens is 156 g/mol. The first-order valence-electron chi connectivity index (χ1n) is 3.12. The van der Waals surface area contributed by atoms with Crippen LogP contribution in [0.3, 0.4) is 0 Å². The summed E-state index contributed by atoms with van der Waals surface area (Å²) in [7, 11) is 3.22. The number of carbonyl (C=O) groups is 1. The first-order valence-corrected chi connectivity index (χ1v) is 3.12. The van der Waals surface area contributed by atoms with Gasteiger partial charge in [-0.3, -0.25) is 0 Å². The molecule has 0 aromatic rings. The van der Waals surface area contributed by atoms with Crippen molar-refractivity contribution in [3.63, 3.8) is 0 Å². The number of rotatable bonds is 4. The predicted molar refractivity (Wildman–Crippen MR) is 35.8 cm³/mol. The van der Waals surface area contributed by atoms with Gasteiger partial charge in [0, 0.05) is 13.0 Å². The second kappa shape index (κ2) is 3.61. The Kier molecular flexibility index (Phi) is 3.38. The van der Waals surface area contributed by atoms with Crippen molar-refractivity contribution in [2.45, 2.75) is 12.3 Å². The molecule has 0 aromatic carbocycles. The highest BCUT2D eigenvalue weighted by Crippen LogP contribution is 2.17. The average Bonchev–Trinajstić information content (AvgIpc) is 1.84. The molecule has 0 saturated carbocycles. The van der Waals surface area contributed by atoms with Crippen molar-refractivity contribution in [2.75, 3.05) is 20.6 Å². The molecule has 0 fully saturated rings. The summed E-state index contributed by atoms with van der Waals surface area (Å²) in [5.41, 5.74) is 0. The highest BCUT2D eigenvalue weighted by molar-refractivity contribution is 5.75. The number of carboxylic acid groups (broad SMARTS) is 1. The number of alkyl halides is 2. The van der Waals surface area contributed by atoms with Gasteiger partial charge in [-0.25, -0.2) is 4.79 Å². The van der Waals surface area contributed by atoms with E-state index in [4.69, 9.17) is 5.11 Å². The summed E-state index contributed by atoms with van der Waals surface area (Å²) in [5, 5.41) is 7.99. The van der Waals surface area contributed by atoms with E-state index >= 15 is 0 Å².